The molecule has 1 fully saturated rings. The van der Waals surface area contributed by atoms with Crippen molar-refractivity contribution in [2.24, 2.45) is 5.92 Å². The smallest absolute Gasteiger partial charge is 0.222 e. The fraction of sp³-hybridized carbons (Fsp3) is 0.750. The van der Waals surface area contributed by atoms with Crippen LogP contribution in [0.4, 0.5) is 0 Å². The van der Waals surface area contributed by atoms with Gasteiger partial charge in [-0.1, -0.05) is 26.0 Å². The van der Waals surface area contributed by atoms with E-state index in [2.05, 4.69) is 13.5 Å². The highest BCUT2D eigenvalue weighted by molar-refractivity contribution is 5.76. The zero-order valence-corrected chi connectivity index (χ0v) is 9.38. The Bertz CT molecular complexity index is 222. The van der Waals surface area contributed by atoms with Crippen LogP contribution < -0.4 is 0 Å². The van der Waals surface area contributed by atoms with Gasteiger partial charge >= 0.3 is 0 Å². The number of hydrogen-bond donors (Lipinski definition) is 0. The first kappa shape index (κ1) is 11.3. The molecule has 0 aromatic heterocycles. The molecule has 2 nitrogen and oxygen atoms in total. The second-order valence-corrected chi connectivity index (χ2v) is 4.41. The zero-order chi connectivity index (χ0) is 10.6. The Morgan fingerprint density at radius 3 is 3.00 bits per heavy atom. The van der Waals surface area contributed by atoms with Gasteiger partial charge in [-0.2, -0.15) is 0 Å². The first-order valence-corrected chi connectivity index (χ1v) is 5.58. The number of likely N-dealkylation sites (tertiary alicyclic amines) is 1. The van der Waals surface area contributed by atoms with Crippen molar-refractivity contribution in [3.05, 3.63) is 12.2 Å². The summed E-state index contributed by atoms with van der Waals surface area (Å²) in [4.78, 5) is 13.7. The lowest BCUT2D eigenvalue weighted by Crippen LogP contribution is -2.32. The summed E-state index contributed by atoms with van der Waals surface area (Å²) in [6.07, 6.45) is 3.82. The highest BCUT2D eigenvalue weighted by Gasteiger charge is 2.19. The molecule has 0 saturated carbocycles. The molecule has 1 aliphatic heterocycles. The third-order valence-corrected chi connectivity index (χ3v) is 2.76. The molecule has 1 heterocycles. The summed E-state index contributed by atoms with van der Waals surface area (Å²) in [7, 11) is 0. The molecule has 2 heteroatoms. The summed E-state index contributed by atoms with van der Waals surface area (Å²) in [5.41, 5.74) is 1.21. The van der Waals surface area contributed by atoms with Crippen molar-refractivity contribution in [3.63, 3.8) is 0 Å². The summed E-state index contributed by atoms with van der Waals surface area (Å²) in [6, 6.07) is 0. The van der Waals surface area contributed by atoms with Crippen LogP contribution in [0, 0.1) is 5.92 Å². The normalized spacial score (nSPS) is 23.4. The van der Waals surface area contributed by atoms with E-state index in [0.717, 1.165) is 32.4 Å². The highest BCUT2D eigenvalue weighted by atomic mass is 16.2. The van der Waals surface area contributed by atoms with Crippen LogP contribution in [0.2, 0.25) is 0 Å². The molecule has 0 aliphatic carbocycles. The Hall–Kier alpha value is -0.790. The van der Waals surface area contributed by atoms with Crippen molar-refractivity contribution in [1.29, 1.82) is 0 Å². The van der Waals surface area contributed by atoms with Crippen molar-refractivity contribution in [2.75, 3.05) is 13.1 Å². The van der Waals surface area contributed by atoms with Gasteiger partial charge in [0.25, 0.3) is 0 Å². The van der Waals surface area contributed by atoms with Gasteiger partial charge in [0.2, 0.25) is 5.91 Å². The van der Waals surface area contributed by atoms with Gasteiger partial charge in [0.15, 0.2) is 0 Å². The number of carbonyl (C=O) groups is 1. The fourth-order valence-electron chi connectivity index (χ4n) is 1.97. The summed E-state index contributed by atoms with van der Waals surface area (Å²) >= 11 is 0. The molecule has 0 N–H and O–H groups in total. The van der Waals surface area contributed by atoms with E-state index >= 15 is 0 Å². The van der Waals surface area contributed by atoms with Crippen LogP contribution in [0.25, 0.3) is 0 Å². The second-order valence-electron chi connectivity index (χ2n) is 4.41. The largest absolute Gasteiger partial charge is 0.339 e. The minimum Gasteiger partial charge on any atom is -0.339 e. The molecule has 14 heavy (non-hydrogen) atoms. The Balaban J connectivity index is 2.53. The van der Waals surface area contributed by atoms with Gasteiger partial charge in [0.05, 0.1) is 0 Å². The van der Waals surface area contributed by atoms with Gasteiger partial charge in [-0.15, -0.1) is 0 Å². The van der Waals surface area contributed by atoms with E-state index in [1.165, 1.54) is 5.57 Å². The molecule has 1 saturated heterocycles. The van der Waals surface area contributed by atoms with Gasteiger partial charge in [-0.25, -0.2) is 0 Å². The first-order valence-electron chi connectivity index (χ1n) is 5.58. The molecular weight excluding hydrogens is 174 g/mol. The predicted molar refractivity (Wildman–Crippen MR) is 59.0 cm³/mol. The minimum absolute atomic E-state index is 0.294. The van der Waals surface area contributed by atoms with E-state index in [-0.39, 0.29) is 0 Å². The van der Waals surface area contributed by atoms with Crippen molar-refractivity contribution in [1.82, 2.24) is 4.90 Å². The SMILES string of the molecule is C=C1CC(C)CCN(C(=O)CCC)C1. The van der Waals surface area contributed by atoms with Crippen LogP contribution >= 0.6 is 0 Å². The van der Waals surface area contributed by atoms with Crippen LogP contribution in [0.3, 0.4) is 0 Å². The van der Waals surface area contributed by atoms with E-state index in [1.54, 1.807) is 0 Å². The maximum atomic E-state index is 11.7. The molecule has 1 amide bonds. The van der Waals surface area contributed by atoms with Gasteiger partial charge in [-0.3, -0.25) is 4.79 Å². The first-order chi connectivity index (χ1) is 6.63. The summed E-state index contributed by atoms with van der Waals surface area (Å²) in [5.74, 6) is 0.977. The summed E-state index contributed by atoms with van der Waals surface area (Å²) in [6.45, 7) is 10.0. The van der Waals surface area contributed by atoms with Gasteiger partial charge in [0, 0.05) is 19.5 Å². The highest BCUT2D eigenvalue weighted by Crippen LogP contribution is 2.20. The average molecular weight is 195 g/mol. The lowest BCUT2D eigenvalue weighted by molar-refractivity contribution is -0.130. The van der Waals surface area contributed by atoms with Crippen molar-refractivity contribution >= 4 is 5.91 Å². The number of hydrogen-bond acceptors (Lipinski definition) is 1. The third-order valence-electron chi connectivity index (χ3n) is 2.76. The molecule has 0 aromatic rings. The number of amides is 1. The molecule has 0 radical (unpaired) electrons. The van der Waals surface area contributed by atoms with E-state index in [0.29, 0.717) is 18.2 Å². The van der Waals surface area contributed by atoms with Crippen LogP contribution in [0.1, 0.15) is 39.5 Å². The Morgan fingerprint density at radius 2 is 2.36 bits per heavy atom. The second kappa shape index (κ2) is 5.18. The molecule has 1 aliphatic rings. The standard InChI is InChI=1S/C12H21NO/c1-4-5-12(14)13-7-6-10(2)8-11(3)9-13/h10H,3-9H2,1-2H3. The molecule has 1 rings (SSSR count). The fourth-order valence-corrected chi connectivity index (χ4v) is 1.97. The number of carbonyl (C=O) groups excluding carboxylic acids is 1. The van der Waals surface area contributed by atoms with E-state index in [9.17, 15) is 4.79 Å². The zero-order valence-electron chi connectivity index (χ0n) is 9.38. The van der Waals surface area contributed by atoms with Crippen molar-refractivity contribution in [2.45, 2.75) is 39.5 Å². The monoisotopic (exact) mass is 195 g/mol. The molecule has 0 aromatic carbocycles. The maximum absolute atomic E-state index is 11.7. The van der Waals surface area contributed by atoms with E-state index in [4.69, 9.17) is 0 Å². The van der Waals surface area contributed by atoms with Crippen LogP contribution in [-0.2, 0) is 4.79 Å². The Kier molecular flexibility index (Phi) is 4.18. The van der Waals surface area contributed by atoms with Crippen molar-refractivity contribution in [3.8, 4) is 0 Å². The molecule has 0 spiro atoms. The Labute approximate surface area is 87.0 Å². The van der Waals surface area contributed by atoms with Crippen LogP contribution in [-0.4, -0.2) is 23.9 Å². The number of rotatable bonds is 2. The predicted octanol–water partition coefficient (Wildman–Crippen LogP) is 2.60. The van der Waals surface area contributed by atoms with E-state index in [1.807, 2.05) is 11.8 Å². The minimum atomic E-state index is 0.294. The summed E-state index contributed by atoms with van der Waals surface area (Å²) < 4.78 is 0. The lowest BCUT2D eigenvalue weighted by Gasteiger charge is -2.20. The molecule has 0 bridgehead atoms. The molecule has 1 atom stereocenters. The van der Waals surface area contributed by atoms with Gasteiger partial charge in [0.1, 0.15) is 0 Å². The third kappa shape index (κ3) is 3.17. The lowest BCUT2D eigenvalue weighted by atomic mass is 10.0. The molecular formula is C12H21NO. The van der Waals surface area contributed by atoms with Gasteiger partial charge in [-0.05, 0) is 25.2 Å². The average Bonchev–Trinajstić information content (AvgIpc) is 2.27. The quantitative estimate of drug-likeness (QED) is 0.620. The topological polar surface area (TPSA) is 20.3 Å². The van der Waals surface area contributed by atoms with Crippen LogP contribution in [0.15, 0.2) is 12.2 Å². The maximum Gasteiger partial charge on any atom is 0.222 e. The van der Waals surface area contributed by atoms with Gasteiger partial charge < -0.3 is 4.90 Å². The summed E-state index contributed by atoms with van der Waals surface area (Å²) in [5, 5.41) is 0. The van der Waals surface area contributed by atoms with E-state index < -0.39 is 0 Å². The van der Waals surface area contributed by atoms with Crippen molar-refractivity contribution < 1.29 is 4.79 Å². The molecule has 80 valence electrons. The Morgan fingerprint density at radius 1 is 1.64 bits per heavy atom. The van der Waals surface area contributed by atoms with Crippen LogP contribution in [0.5, 0.6) is 0 Å². The number of nitrogens with zero attached hydrogens (tertiary/aromatic N) is 1. The molecule has 1 unspecified atom stereocenters.